The number of hydrogen-bond acceptors (Lipinski definition) is 5. The first-order valence-electron chi connectivity index (χ1n) is 5.81. The number of rotatable bonds is 3. The van der Waals surface area contributed by atoms with Gasteiger partial charge in [-0.25, -0.2) is 4.98 Å². The van der Waals surface area contributed by atoms with Crippen molar-refractivity contribution in [2.45, 2.75) is 32.0 Å². The zero-order valence-electron chi connectivity index (χ0n) is 10.2. The normalized spacial score (nSPS) is 28.3. The highest BCUT2D eigenvalue weighted by atomic mass is 16.5. The summed E-state index contributed by atoms with van der Waals surface area (Å²) in [6.07, 6.45) is 2.12. The van der Waals surface area contributed by atoms with Gasteiger partial charge in [0, 0.05) is 19.6 Å². The van der Waals surface area contributed by atoms with E-state index in [-0.39, 0.29) is 6.10 Å². The van der Waals surface area contributed by atoms with Crippen LogP contribution in [0.2, 0.25) is 0 Å². The van der Waals surface area contributed by atoms with E-state index in [2.05, 4.69) is 10.3 Å². The van der Waals surface area contributed by atoms with Gasteiger partial charge >= 0.3 is 0 Å². The minimum absolute atomic E-state index is 0.148. The van der Waals surface area contributed by atoms with Crippen LogP contribution in [0.4, 0.5) is 11.5 Å². The average molecular weight is 237 g/mol. The molecule has 1 aromatic rings. The number of ether oxygens (including phenoxy) is 1. The minimum atomic E-state index is -0.809. The van der Waals surface area contributed by atoms with E-state index in [1.54, 1.807) is 6.20 Å². The topological polar surface area (TPSA) is 80.4 Å². The molecule has 0 aliphatic carbocycles. The molecule has 0 saturated carbocycles. The van der Waals surface area contributed by atoms with Gasteiger partial charge in [-0.1, -0.05) is 0 Å². The van der Waals surface area contributed by atoms with E-state index >= 15 is 0 Å². The molecule has 5 heteroatoms. The Bertz CT molecular complexity index is 411. The molecule has 94 valence electrons. The maximum atomic E-state index is 10.3. The number of hydrogen-bond donors (Lipinski definition) is 3. The van der Waals surface area contributed by atoms with E-state index in [0.717, 1.165) is 11.4 Å². The predicted octanol–water partition coefficient (Wildman–Crippen LogP) is 0.924. The molecule has 1 aromatic heterocycles. The van der Waals surface area contributed by atoms with Crippen molar-refractivity contribution in [3.05, 3.63) is 17.8 Å². The van der Waals surface area contributed by atoms with E-state index < -0.39 is 5.60 Å². The molecule has 0 spiro atoms. The second-order valence-corrected chi connectivity index (χ2v) is 4.65. The van der Waals surface area contributed by atoms with Crippen molar-refractivity contribution in [3.8, 4) is 0 Å². The van der Waals surface area contributed by atoms with Gasteiger partial charge in [0.25, 0.3) is 0 Å². The van der Waals surface area contributed by atoms with Crippen LogP contribution in [0, 0.1) is 6.92 Å². The fourth-order valence-corrected chi connectivity index (χ4v) is 1.91. The third-order valence-electron chi connectivity index (χ3n) is 3.39. The molecular formula is C12H19N3O2. The number of aliphatic hydroxyl groups is 1. The predicted molar refractivity (Wildman–Crippen MR) is 66.9 cm³/mol. The van der Waals surface area contributed by atoms with Crippen LogP contribution in [-0.2, 0) is 4.74 Å². The molecule has 1 saturated heterocycles. The Morgan fingerprint density at radius 2 is 2.47 bits per heavy atom. The highest BCUT2D eigenvalue weighted by Gasteiger charge is 2.39. The van der Waals surface area contributed by atoms with Gasteiger partial charge in [0.05, 0.1) is 18.0 Å². The molecule has 2 atom stereocenters. The van der Waals surface area contributed by atoms with Gasteiger partial charge in [0.1, 0.15) is 11.4 Å². The highest BCUT2D eigenvalue weighted by Crippen LogP contribution is 2.26. The lowest BCUT2D eigenvalue weighted by Gasteiger charge is -2.26. The smallest absolute Gasteiger partial charge is 0.126 e. The number of pyridine rings is 1. The number of aryl methyl sites for hydroxylation is 1. The Morgan fingerprint density at radius 3 is 3.06 bits per heavy atom. The number of nitrogens with two attached hydrogens (primary N) is 1. The number of nitrogens with one attached hydrogen (secondary N) is 1. The van der Waals surface area contributed by atoms with Crippen LogP contribution in [0.3, 0.4) is 0 Å². The van der Waals surface area contributed by atoms with Crippen molar-refractivity contribution in [2.24, 2.45) is 0 Å². The number of nitrogen functional groups attached to an aromatic ring is 1. The first kappa shape index (κ1) is 12.1. The average Bonchev–Trinajstić information content (AvgIpc) is 2.62. The molecule has 0 amide bonds. The summed E-state index contributed by atoms with van der Waals surface area (Å²) >= 11 is 0. The summed E-state index contributed by atoms with van der Waals surface area (Å²) in [6.45, 7) is 4.85. The highest BCUT2D eigenvalue weighted by molar-refractivity contribution is 5.50. The molecule has 0 aromatic carbocycles. The summed E-state index contributed by atoms with van der Waals surface area (Å²) in [7, 11) is 0. The van der Waals surface area contributed by atoms with Crippen molar-refractivity contribution in [3.63, 3.8) is 0 Å². The second-order valence-electron chi connectivity index (χ2n) is 4.65. The molecule has 0 bridgehead atoms. The molecule has 4 N–H and O–H groups in total. The van der Waals surface area contributed by atoms with Crippen molar-refractivity contribution < 1.29 is 9.84 Å². The van der Waals surface area contributed by atoms with Gasteiger partial charge in [0.15, 0.2) is 0 Å². The molecular weight excluding hydrogens is 218 g/mol. The summed E-state index contributed by atoms with van der Waals surface area (Å²) in [5, 5.41) is 13.4. The molecule has 2 rings (SSSR count). The van der Waals surface area contributed by atoms with Gasteiger partial charge in [-0.15, -0.1) is 0 Å². The Kier molecular flexibility index (Phi) is 3.22. The molecule has 2 heterocycles. The van der Waals surface area contributed by atoms with Gasteiger partial charge in [-0.2, -0.15) is 0 Å². The van der Waals surface area contributed by atoms with Crippen molar-refractivity contribution in [1.82, 2.24) is 4.98 Å². The van der Waals surface area contributed by atoms with Crippen LogP contribution in [0.1, 0.15) is 18.9 Å². The van der Waals surface area contributed by atoms with Gasteiger partial charge in [-0.3, -0.25) is 0 Å². The Labute approximate surface area is 101 Å². The van der Waals surface area contributed by atoms with E-state index in [1.165, 1.54) is 0 Å². The maximum absolute atomic E-state index is 10.3. The Balaban J connectivity index is 2.00. The molecule has 2 unspecified atom stereocenters. The minimum Gasteiger partial charge on any atom is -0.397 e. The molecule has 0 radical (unpaired) electrons. The monoisotopic (exact) mass is 237 g/mol. The maximum Gasteiger partial charge on any atom is 0.126 e. The molecule has 1 fully saturated rings. The molecule has 1 aliphatic rings. The van der Waals surface area contributed by atoms with E-state index in [4.69, 9.17) is 10.5 Å². The number of aromatic nitrogens is 1. The lowest BCUT2D eigenvalue weighted by Crippen LogP contribution is -2.43. The van der Waals surface area contributed by atoms with Crippen LogP contribution in [0.5, 0.6) is 0 Å². The van der Waals surface area contributed by atoms with Gasteiger partial charge in [-0.05, 0) is 25.5 Å². The quantitative estimate of drug-likeness (QED) is 0.728. The number of anilines is 2. The van der Waals surface area contributed by atoms with E-state index in [9.17, 15) is 5.11 Å². The van der Waals surface area contributed by atoms with Gasteiger partial charge in [0.2, 0.25) is 0 Å². The largest absolute Gasteiger partial charge is 0.397 e. The lowest BCUT2D eigenvalue weighted by molar-refractivity contribution is -0.0176. The first-order chi connectivity index (χ1) is 8.01. The Hall–Kier alpha value is -1.33. The molecule has 5 nitrogen and oxygen atoms in total. The van der Waals surface area contributed by atoms with Crippen molar-refractivity contribution >= 4 is 11.5 Å². The third-order valence-corrected chi connectivity index (χ3v) is 3.39. The number of nitrogens with zero attached hydrogens (tertiary/aromatic N) is 1. The van der Waals surface area contributed by atoms with Gasteiger partial charge < -0.3 is 20.9 Å². The van der Waals surface area contributed by atoms with Crippen molar-refractivity contribution in [2.75, 3.05) is 24.2 Å². The summed E-state index contributed by atoms with van der Waals surface area (Å²) in [6, 6.07) is 1.87. The van der Waals surface area contributed by atoms with E-state index in [0.29, 0.717) is 25.3 Å². The first-order valence-corrected chi connectivity index (χ1v) is 5.81. The van der Waals surface area contributed by atoms with Crippen molar-refractivity contribution in [1.29, 1.82) is 0 Å². The third kappa shape index (κ3) is 2.50. The van der Waals surface area contributed by atoms with Crippen LogP contribution in [0.25, 0.3) is 0 Å². The standard InChI is InChI=1S/C12H19N3O2/c1-8-5-11(14-6-10(8)13)15-7-12(16)3-4-17-9(12)2/h5-6,9,16H,3-4,7,13H2,1-2H3,(H,14,15). The summed E-state index contributed by atoms with van der Waals surface area (Å²) in [4.78, 5) is 4.17. The Morgan fingerprint density at radius 1 is 1.71 bits per heavy atom. The molecule has 17 heavy (non-hydrogen) atoms. The zero-order chi connectivity index (χ0) is 12.5. The summed E-state index contributed by atoms with van der Waals surface area (Å²) in [5.74, 6) is 0.726. The zero-order valence-corrected chi connectivity index (χ0v) is 10.2. The SMILES string of the molecule is Cc1cc(NCC2(O)CCOC2C)ncc1N. The lowest BCUT2D eigenvalue weighted by atomic mass is 9.97. The van der Waals surface area contributed by atoms with Crippen LogP contribution >= 0.6 is 0 Å². The second kappa shape index (κ2) is 4.50. The summed E-state index contributed by atoms with van der Waals surface area (Å²) in [5.41, 5.74) is 6.54. The fourth-order valence-electron chi connectivity index (χ4n) is 1.91. The van der Waals surface area contributed by atoms with Crippen LogP contribution < -0.4 is 11.1 Å². The van der Waals surface area contributed by atoms with E-state index in [1.807, 2.05) is 19.9 Å². The molecule has 1 aliphatic heterocycles. The fraction of sp³-hybridized carbons (Fsp3) is 0.583. The summed E-state index contributed by atoms with van der Waals surface area (Å²) < 4.78 is 5.37. The van der Waals surface area contributed by atoms with Crippen LogP contribution in [-0.4, -0.2) is 34.9 Å². The van der Waals surface area contributed by atoms with Crippen LogP contribution in [0.15, 0.2) is 12.3 Å².